The van der Waals surface area contributed by atoms with Crippen molar-refractivity contribution in [2.24, 2.45) is 4.99 Å². The zero-order valence-electron chi connectivity index (χ0n) is 10.6. The number of nitrogens with zero attached hydrogens (tertiary/aromatic N) is 1. The molecule has 0 aliphatic carbocycles. The average Bonchev–Trinajstić information content (AvgIpc) is 2.76. The van der Waals surface area contributed by atoms with Gasteiger partial charge in [0, 0.05) is 0 Å². The average molecular weight is 696 g/mol. The molecule has 21 heavy (non-hydrogen) atoms. The molecule has 2 aromatic rings. The van der Waals surface area contributed by atoms with Gasteiger partial charge in [0.2, 0.25) is 0 Å². The second-order valence-corrected chi connectivity index (χ2v) is 32.9. The molecular weight excluding hydrogens is 687 g/mol. The second-order valence-electron chi connectivity index (χ2n) is 4.44. The fourth-order valence-corrected chi connectivity index (χ4v) is 11.3. The Morgan fingerprint density at radius 1 is 0.762 bits per heavy atom. The molecule has 6 heteroatoms. The molecule has 0 saturated heterocycles. The van der Waals surface area contributed by atoms with Gasteiger partial charge in [0.15, 0.2) is 0 Å². The van der Waals surface area contributed by atoms with Crippen molar-refractivity contribution >= 4 is 89.2 Å². The summed E-state index contributed by atoms with van der Waals surface area (Å²) in [7, 11) is 0. The van der Waals surface area contributed by atoms with Crippen LogP contribution in [0, 0.1) is 0 Å². The Balaban J connectivity index is 2.01. The first-order chi connectivity index (χ1) is 9.95. The third kappa shape index (κ3) is 3.83. The van der Waals surface area contributed by atoms with Crippen molar-refractivity contribution in [2.45, 2.75) is 0 Å². The topological polar surface area (TPSA) is 12.4 Å². The van der Waals surface area contributed by atoms with E-state index < -0.39 is 6.35 Å². The fraction of sp³-hybridized carbons (Fsp3) is 0. The van der Waals surface area contributed by atoms with Crippen LogP contribution >= 0.6 is 72.5 Å². The third-order valence-corrected chi connectivity index (χ3v) is 13.9. The monoisotopic (exact) mass is 695 g/mol. The van der Waals surface area contributed by atoms with Crippen LogP contribution in [0.15, 0.2) is 67.4 Å². The first kappa shape index (κ1) is 16.6. The van der Waals surface area contributed by atoms with Crippen molar-refractivity contribution in [2.75, 3.05) is 0 Å². The maximum absolute atomic E-state index is 4.94. The summed E-state index contributed by atoms with van der Waals surface area (Å²) in [6.07, 6.45) is -1.88. The molecule has 0 amide bonds. The normalized spacial score (nSPS) is 18.1. The van der Waals surface area contributed by atoms with Crippen LogP contribution in [0.1, 0.15) is 11.1 Å². The summed E-state index contributed by atoms with van der Waals surface area (Å²) >= 11 is 12.2. The molecule has 1 nitrogen and oxygen atoms in total. The van der Waals surface area contributed by atoms with Crippen LogP contribution in [-0.4, -0.2) is 11.0 Å². The molecule has 1 aliphatic rings. The van der Waals surface area contributed by atoms with Gasteiger partial charge in [-0.05, 0) is 0 Å². The minimum absolute atomic E-state index is 1.09. The molecule has 0 N–H and O–H groups in total. The predicted molar refractivity (Wildman–Crippen MR) is 117 cm³/mol. The summed E-state index contributed by atoms with van der Waals surface area (Å²) in [5, 5.41) is 0. The Labute approximate surface area is 165 Å². The van der Waals surface area contributed by atoms with E-state index in [0.29, 0.717) is 0 Å². The first-order valence-electron chi connectivity index (χ1n) is 6.01. The summed E-state index contributed by atoms with van der Waals surface area (Å²) in [6, 6.07) is 16.8. The van der Waals surface area contributed by atoms with Crippen molar-refractivity contribution in [1.82, 2.24) is 0 Å². The fourth-order valence-electron chi connectivity index (χ4n) is 1.96. The van der Waals surface area contributed by atoms with E-state index in [-0.39, 0.29) is 0 Å². The Morgan fingerprint density at radius 3 is 1.76 bits per heavy atom. The summed E-state index contributed by atoms with van der Waals surface area (Å²) in [5.74, 6) is 0. The van der Waals surface area contributed by atoms with E-state index in [1.807, 2.05) is 0 Å². The Hall–Kier alpha value is 0.789. The standard InChI is InChI=1S/C15H9Br2I2NSe/c16-12-5-1-10(2-6-12)14-9-21(18,19)15(20-14)11-3-7-13(17)8-4-11/h1-9H. The van der Waals surface area contributed by atoms with Gasteiger partial charge >= 0.3 is 168 Å². The summed E-state index contributed by atoms with van der Waals surface area (Å²) in [5.41, 5.74) is 3.51. The zero-order valence-corrected chi connectivity index (χ0v) is 19.8. The molecule has 0 unspecified atom stereocenters. The Bertz CT molecular complexity index is 737. The molecule has 2 aromatic carbocycles. The number of halogens is 4. The summed E-state index contributed by atoms with van der Waals surface area (Å²) < 4.78 is 3.44. The number of aliphatic imine (C=N–C) groups is 1. The number of hydrogen-bond acceptors (Lipinski definition) is 1. The van der Waals surface area contributed by atoms with Crippen LogP contribution in [0.25, 0.3) is 5.70 Å². The van der Waals surface area contributed by atoms with Gasteiger partial charge < -0.3 is 0 Å². The van der Waals surface area contributed by atoms with Crippen molar-refractivity contribution in [1.29, 1.82) is 0 Å². The van der Waals surface area contributed by atoms with Gasteiger partial charge in [0.1, 0.15) is 0 Å². The molecule has 3 rings (SSSR count). The molecule has 108 valence electrons. The number of hydrogen-bond donors (Lipinski definition) is 0. The molecule has 0 fully saturated rings. The molecular formula is C15H9Br2I2NSe. The van der Waals surface area contributed by atoms with E-state index in [9.17, 15) is 0 Å². The van der Waals surface area contributed by atoms with Crippen molar-refractivity contribution < 1.29 is 0 Å². The van der Waals surface area contributed by atoms with E-state index in [0.717, 1.165) is 14.6 Å². The maximum atomic E-state index is 4.94. The molecule has 1 heterocycles. The summed E-state index contributed by atoms with van der Waals surface area (Å²) in [6.45, 7) is 0. The van der Waals surface area contributed by atoms with E-state index in [1.54, 1.807) is 0 Å². The van der Waals surface area contributed by atoms with Gasteiger partial charge in [-0.15, -0.1) is 0 Å². The van der Waals surface area contributed by atoms with Crippen LogP contribution in [0.4, 0.5) is 0 Å². The van der Waals surface area contributed by atoms with E-state index in [1.165, 1.54) is 15.7 Å². The van der Waals surface area contributed by atoms with Crippen LogP contribution in [0.2, 0.25) is 0 Å². The van der Waals surface area contributed by atoms with Crippen LogP contribution in [0.3, 0.4) is 0 Å². The van der Waals surface area contributed by atoms with E-state index >= 15 is 0 Å². The van der Waals surface area contributed by atoms with E-state index in [4.69, 9.17) is 4.99 Å². The molecule has 0 spiro atoms. The Kier molecular flexibility index (Phi) is 5.33. The van der Waals surface area contributed by atoms with Gasteiger partial charge in [-0.3, -0.25) is 0 Å². The van der Waals surface area contributed by atoms with Gasteiger partial charge in [-0.1, -0.05) is 0 Å². The molecule has 1 aliphatic heterocycles. The molecule has 0 aromatic heterocycles. The first-order valence-corrected chi connectivity index (χ1v) is 19.9. The van der Waals surface area contributed by atoms with Gasteiger partial charge in [0.25, 0.3) is 0 Å². The molecule has 0 atom stereocenters. The van der Waals surface area contributed by atoms with Crippen LogP contribution < -0.4 is 0 Å². The summed E-state index contributed by atoms with van der Waals surface area (Å²) in [4.78, 5) is 7.32. The van der Waals surface area contributed by atoms with Crippen molar-refractivity contribution in [3.05, 3.63) is 73.6 Å². The van der Waals surface area contributed by atoms with Crippen molar-refractivity contribution in [3.8, 4) is 0 Å². The second kappa shape index (κ2) is 6.73. The van der Waals surface area contributed by atoms with Gasteiger partial charge in [-0.25, -0.2) is 0 Å². The van der Waals surface area contributed by atoms with Gasteiger partial charge in [-0.2, -0.15) is 0 Å². The zero-order chi connectivity index (χ0) is 15.0. The quantitative estimate of drug-likeness (QED) is 0.253. The molecule has 0 bridgehead atoms. The molecule has 0 radical (unpaired) electrons. The van der Waals surface area contributed by atoms with Crippen LogP contribution in [0.5, 0.6) is 0 Å². The molecule has 0 saturated carbocycles. The predicted octanol–water partition coefficient (Wildman–Crippen LogP) is 6.45. The Morgan fingerprint density at radius 2 is 1.24 bits per heavy atom. The SMILES string of the molecule is Brc1ccc(C2=C[Se](I)(I)C(c3ccc(Br)cc3)=N2)cc1. The number of rotatable bonds is 2. The van der Waals surface area contributed by atoms with Crippen molar-refractivity contribution in [3.63, 3.8) is 0 Å². The van der Waals surface area contributed by atoms with Gasteiger partial charge in [0.05, 0.1) is 0 Å². The van der Waals surface area contributed by atoms with Crippen LogP contribution in [-0.2, 0) is 0 Å². The minimum atomic E-state index is -1.88. The van der Waals surface area contributed by atoms with E-state index in [2.05, 4.69) is 126 Å². The third-order valence-electron chi connectivity index (χ3n) is 2.97. The number of benzene rings is 2.